The third-order valence-electron chi connectivity index (χ3n) is 5.08. The molecule has 1 atom stereocenters. The van der Waals surface area contributed by atoms with Crippen LogP contribution in [0.15, 0.2) is 54.8 Å². The number of carbonyl (C=O) groups is 1. The van der Waals surface area contributed by atoms with E-state index in [0.717, 1.165) is 30.4 Å². The number of carbonyl (C=O) groups excluding carboxylic acids is 1. The largest absolute Gasteiger partial charge is 0.492 e. The van der Waals surface area contributed by atoms with Crippen molar-refractivity contribution in [3.8, 4) is 0 Å². The molecule has 4 rings (SSSR count). The summed E-state index contributed by atoms with van der Waals surface area (Å²) in [4.78, 5) is 14.6. The van der Waals surface area contributed by atoms with E-state index in [1.54, 1.807) is 6.26 Å². The van der Waals surface area contributed by atoms with E-state index in [1.165, 1.54) is 24.3 Å². The summed E-state index contributed by atoms with van der Waals surface area (Å²) >= 11 is 6.10. The molecule has 2 aromatic rings. The molecule has 1 unspecified atom stereocenters. The van der Waals surface area contributed by atoms with Crippen molar-refractivity contribution >= 4 is 23.1 Å². The number of piperidine rings is 1. The molecule has 0 saturated carbocycles. The van der Waals surface area contributed by atoms with E-state index < -0.39 is 0 Å². The van der Waals surface area contributed by atoms with Crippen LogP contribution in [0.25, 0.3) is 5.57 Å². The van der Waals surface area contributed by atoms with Crippen molar-refractivity contribution in [3.05, 3.63) is 76.8 Å². The van der Waals surface area contributed by atoms with Gasteiger partial charge in [-0.1, -0.05) is 23.7 Å². The van der Waals surface area contributed by atoms with Gasteiger partial charge in [-0.05, 0) is 60.4 Å². The SMILES string of the molecule is O=C(c1ccc(F)cc1)N1CCCC2(CC(c3cccc(Cl)c3)=CO2)C1. The van der Waals surface area contributed by atoms with E-state index >= 15 is 0 Å². The van der Waals surface area contributed by atoms with Gasteiger partial charge in [0.15, 0.2) is 0 Å². The van der Waals surface area contributed by atoms with Gasteiger partial charge < -0.3 is 9.64 Å². The molecule has 0 N–H and O–H groups in total. The summed E-state index contributed by atoms with van der Waals surface area (Å²) in [7, 11) is 0. The summed E-state index contributed by atoms with van der Waals surface area (Å²) < 4.78 is 19.2. The van der Waals surface area contributed by atoms with Crippen molar-refractivity contribution in [1.29, 1.82) is 0 Å². The molecule has 0 radical (unpaired) electrons. The molecule has 2 heterocycles. The minimum absolute atomic E-state index is 0.0797. The maximum absolute atomic E-state index is 13.1. The Kier molecular flexibility index (Phi) is 4.45. The Morgan fingerprint density at radius 1 is 1.19 bits per heavy atom. The number of nitrogens with zero attached hydrogens (tertiary/aromatic N) is 1. The molecule has 5 heteroatoms. The summed E-state index contributed by atoms with van der Waals surface area (Å²) in [5.41, 5.74) is 2.27. The topological polar surface area (TPSA) is 29.5 Å². The number of hydrogen-bond donors (Lipinski definition) is 0. The van der Waals surface area contributed by atoms with Crippen LogP contribution in [0.4, 0.5) is 4.39 Å². The van der Waals surface area contributed by atoms with E-state index in [2.05, 4.69) is 0 Å². The van der Waals surface area contributed by atoms with E-state index in [9.17, 15) is 9.18 Å². The van der Waals surface area contributed by atoms with Gasteiger partial charge in [0, 0.05) is 23.6 Å². The first-order valence-corrected chi connectivity index (χ1v) is 9.10. The molecular weight excluding hydrogens is 353 g/mol. The minimum atomic E-state index is -0.383. The standard InChI is InChI=1S/C21H19ClFNO2/c22-18-4-1-3-16(11-18)17-12-21(26-13-17)9-2-10-24(14-21)20(25)15-5-7-19(23)8-6-15/h1,3-8,11,13H,2,9-10,12,14H2. The lowest BCUT2D eigenvalue weighted by Gasteiger charge is -2.39. The lowest BCUT2D eigenvalue weighted by Crippen LogP contribution is -2.50. The second kappa shape index (κ2) is 6.76. The first-order valence-electron chi connectivity index (χ1n) is 8.72. The first-order chi connectivity index (χ1) is 12.5. The Balaban J connectivity index is 1.49. The van der Waals surface area contributed by atoms with Crippen molar-refractivity contribution in [2.75, 3.05) is 13.1 Å². The maximum Gasteiger partial charge on any atom is 0.253 e. The average Bonchev–Trinajstić information content (AvgIpc) is 3.05. The molecule has 2 aliphatic rings. The Morgan fingerprint density at radius 3 is 2.77 bits per heavy atom. The van der Waals surface area contributed by atoms with Gasteiger partial charge in [0.1, 0.15) is 11.4 Å². The number of rotatable bonds is 2. The number of likely N-dealkylation sites (tertiary alicyclic amines) is 1. The van der Waals surface area contributed by atoms with Gasteiger partial charge in [-0.25, -0.2) is 4.39 Å². The number of hydrogen-bond acceptors (Lipinski definition) is 2. The molecule has 1 spiro atoms. The highest BCUT2D eigenvalue weighted by Gasteiger charge is 2.42. The van der Waals surface area contributed by atoms with Crippen LogP contribution in [-0.2, 0) is 4.74 Å². The van der Waals surface area contributed by atoms with Crippen molar-refractivity contribution in [2.45, 2.75) is 24.9 Å². The first kappa shape index (κ1) is 17.1. The molecular formula is C21H19ClFNO2. The fourth-order valence-corrected chi connectivity index (χ4v) is 3.96. The Labute approximate surface area is 157 Å². The molecule has 0 aromatic heterocycles. The zero-order valence-corrected chi connectivity index (χ0v) is 15.0. The second-order valence-corrected chi connectivity index (χ2v) is 7.40. The molecule has 3 nitrogen and oxygen atoms in total. The monoisotopic (exact) mass is 371 g/mol. The smallest absolute Gasteiger partial charge is 0.253 e. The molecule has 0 bridgehead atoms. The van der Waals surface area contributed by atoms with Crippen LogP contribution < -0.4 is 0 Å². The average molecular weight is 372 g/mol. The fraction of sp³-hybridized carbons (Fsp3) is 0.286. The molecule has 0 aliphatic carbocycles. The molecule has 26 heavy (non-hydrogen) atoms. The lowest BCUT2D eigenvalue weighted by molar-refractivity contribution is -0.0190. The summed E-state index contributed by atoms with van der Waals surface area (Å²) in [6.45, 7) is 1.22. The predicted octanol–water partition coefficient (Wildman–Crippen LogP) is 4.92. The van der Waals surface area contributed by atoms with Crippen molar-refractivity contribution in [1.82, 2.24) is 4.90 Å². The van der Waals surface area contributed by atoms with Crippen LogP contribution in [0.3, 0.4) is 0 Å². The van der Waals surface area contributed by atoms with Gasteiger partial charge in [0.25, 0.3) is 5.91 Å². The van der Waals surface area contributed by atoms with Gasteiger partial charge in [0.05, 0.1) is 12.8 Å². The normalized spacial score (nSPS) is 22.2. The zero-order valence-electron chi connectivity index (χ0n) is 14.3. The Bertz CT molecular complexity index is 865. The third kappa shape index (κ3) is 3.34. The van der Waals surface area contributed by atoms with Crippen LogP contribution in [0.5, 0.6) is 0 Å². The molecule has 1 fully saturated rings. The lowest BCUT2D eigenvalue weighted by atomic mass is 9.86. The Morgan fingerprint density at radius 2 is 2.00 bits per heavy atom. The van der Waals surface area contributed by atoms with Crippen LogP contribution in [0.2, 0.25) is 5.02 Å². The van der Waals surface area contributed by atoms with E-state index in [1.807, 2.05) is 29.2 Å². The van der Waals surface area contributed by atoms with Gasteiger partial charge in [-0.15, -0.1) is 0 Å². The maximum atomic E-state index is 13.1. The highest BCUT2D eigenvalue weighted by molar-refractivity contribution is 6.30. The molecule has 1 saturated heterocycles. The van der Waals surface area contributed by atoms with Crippen molar-refractivity contribution < 1.29 is 13.9 Å². The second-order valence-electron chi connectivity index (χ2n) is 6.97. The fourth-order valence-electron chi connectivity index (χ4n) is 3.77. The Hall–Kier alpha value is -2.33. The van der Waals surface area contributed by atoms with Crippen LogP contribution in [0, 0.1) is 5.82 Å². The van der Waals surface area contributed by atoms with Crippen LogP contribution >= 0.6 is 11.6 Å². The number of benzene rings is 2. The molecule has 2 aromatic carbocycles. The minimum Gasteiger partial charge on any atom is -0.492 e. The number of amides is 1. The number of halogens is 2. The van der Waals surface area contributed by atoms with Gasteiger partial charge in [0.2, 0.25) is 0 Å². The molecule has 134 valence electrons. The van der Waals surface area contributed by atoms with E-state index in [-0.39, 0.29) is 17.3 Å². The quantitative estimate of drug-likeness (QED) is 0.750. The van der Waals surface area contributed by atoms with E-state index in [0.29, 0.717) is 23.7 Å². The van der Waals surface area contributed by atoms with Crippen LogP contribution in [0.1, 0.15) is 35.2 Å². The van der Waals surface area contributed by atoms with Gasteiger partial charge in [-0.3, -0.25) is 4.79 Å². The summed E-state index contributed by atoms with van der Waals surface area (Å²) in [5, 5.41) is 0.695. The van der Waals surface area contributed by atoms with Crippen molar-refractivity contribution in [3.63, 3.8) is 0 Å². The summed E-state index contributed by atoms with van der Waals surface area (Å²) in [5.74, 6) is -0.421. The summed E-state index contributed by atoms with van der Waals surface area (Å²) in [6, 6.07) is 13.4. The van der Waals surface area contributed by atoms with E-state index in [4.69, 9.17) is 16.3 Å². The molecule has 2 aliphatic heterocycles. The zero-order chi connectivity index (χ0) is 18.1. The predicted molar refractivity (Wildman–Crippen MR) is 99.4 cm³/mol. The summed E-state index contributed by atoms with van der Waals surface area (Å²) in [6.07, 6.45) is 4.34. The van der Waals surface area contributed by atoms with Gasteiger partial charge >= 0.3 is 0 Å². The third-order valence-corrected chi connectivity index (χ3v) is 5.31. The van der Waals surface area contributed by atoms with Crippen molar-refractivity contribution in [2.24, 2.45) is 0 Å². The molecule has 1 amide bonds. The van der Waals surface area contributed by atoms with Crippen LogP contribution in [-0.4, -0.2) is 29.5 Å². The number of ether oxygens (including phenoxy) is 1. The van der Waals surface area contributed by atoms with Gasteiger partial charge in [-0.2, -0.15) is 0 Å². The highest BCUT2D eigenvalue weighted by atomic mass is 35.5. The highest BCUT2D eigenvalue weighted by Crippen LogP contribution is 2.41.